The molecule has 4 heteroatoms. The Labute approximate surface area is 160 Å². The van der Waals surface area contributed by atoms with Crippen LogP contribution in [0.15, 0.2) is 35.9 Å². The molecular formula is C23H25N3O. The number of Topliss-reactive ketones (excluding diaryl/α,β-unsaturated/α-hetero) is 1. The Morgan fingerprint density at radius 2 is 2.04 bits per heavy atom. The van der Waals surface area contributed by atoms with Crippen molar-refractivity contribution in [2.24, 2.45) is 18.4 Å². The third-order valence-corrected chi connectivity index (χ3v) is 6.62. The molecule has 1 aromatic carbocycles. The van der Waals surface area contributed by atoms with Crippen LogP contribution in [0.2, 0.25) is 0 Å². The zero-order valence-electron chi connectivity index (χ0n) is 16.6. The van der Waals surface area contributed by atoms with Crippen molar-refractivity contribution in [2.45, 2.75) is 46.0 Å². The molecule has 0 unspecified atom stereocenters. The Kier molecular flexibility index (Phi) is 3.72. The van der Waals surface area contributed by atoms with Gasteiger partial charge in [-0.15, -0.1) is 0 Å². The molecule has 2 aromatic rings. The molecule has 2 aliphatic rings. The third kappa shape index (κ3) is 2.34. The molecule has 27 heavy (non-hydrogen) atoms. The van der Waals surface area contributed by atoms with Crippen LogP contribution in [0, 0.1) is 29.6 Å². The summed E-state index contributed by atoms with van der Waals surface area (Å²) in [6, 6.07) is 10.6. The van der Waals surface area contributed by atoms with Crippen LogP contribution < -0.4 is 0 Å². The van der Waals surface area contributed by atoms with Crippen molar-refractivity contribution in [3.63, 3.8) is 0 Å². The van der Waals surface area contributed by atoms with Crippen LogP contribution in [0.1, 0.15) is 44.0 Å². The fourth-order valence-corrected chi connectivity index (χ4v) is 5.38. The van der Waals surface area contributed by atoms with Gasteiger partial charge in [0.25, 0.3) is 0 Å². The summed E-state index contributed by atoms with van der Waals surface area (Å²) in [6.07, 6.45) is 3.71. The topological polar surface area (TPSA) is 58.7 Å². The number of allylic oxidation sites excluding steroid dienone is 2. The van der Waals surface area contributed by atoms with Crippen molar-refractivity contribution in [2.75, 3.05) is 0 Å². The van der Waals surface area contributed by atoms with E-state index in [1.165, 1.54) is 16.7 Å². The first-order valence-corrected chi connectivity index (χ1v) is 9.51. The molecule has 0 amide bonds. The largest absolute Gasteiger partial charge is 0.293 e. The van der Waals surface area contributed by atoms with Gasteiger partial charge in [0.2, 0.25) is 0 Å². The van der Waals surface area contributed by atoms with E-state index in [4.69, 9.17) is 5.10 Å². The number of hydrogen-bond acceptors (Lipinski definition) is 3. The van der Waals surface area contributed by atoms with Crippen molar-refractivity contribution in [1.82, 2.24) is 9.78 Å². The number of fused-ring (bicyclic) bond motifs is 3. The summed E-state index contributed by atoms with van der Waals surface area (Å²) in [7, 11) is 1.99. The summed E-state index contributed by atoms with van der Waals surface area (Å²) in [5.41, 5.74) is 5.11. The lowest BCUT2D eigenvalue weighted by atomic mass is 9.52. The zero-order chi connectivity index (χ0) is 19.6. The monoisotopic (exact) mass is 359 g/mol. The number of benzene rings is 1. The predicted octanol–water partition coefficient (Wildman–Crippen LogP) is 4.27. The molecule has 4 rings (SSSR count). The molecule has 138 valence electrons. The highest BCUT2D eigenvalue weighted by Crippen LogP contribution is 2.55. The van der Waals surface area contributed by atoms with Gasteiger partial charge >= 0.3 is 0 Å². The Bertz CT molecular complexity index is 1030. The molecule has 1 heterocycles. The van der Waals surface area contributed by atoms with E-state index in [0.717, 1.165) is 24.2 Å². The molecule has 0 radical (unpaired) electrons. The van der Waals surface area contributed by atoms with Crippen molar-refractivity contribution in [1.29, 1.82) is 5.26 Å². The molecule has 0 spiro atoms. The lowest BCUT2D eigenvalue weighted by Crippen LogP contribution is -2.51. The minimum absolute atomic E-state index is 0.0363. The number of nitriles is 1. The summed E-state index contributed by atoms with van der Waals surface area (Å²) in [5.74, 6) is 0.105. The van der Waals surface area contributed by atoms with Crippen LogP contribution in [0.4, 0.5) is 0 Å². The van der Waals surface area contributed by atoms with Crippen molar-refractivity contribution in [3.8, 4) is 17.3 Å². The maximum absolute atomic E-state index is 12.8. The van der Waals surface area contributed by atoms with Crippen molar-refractivity contribution < 1.29 is 4.79 Å². The van der Waals surface area contributed by atoms with Crippen LogP contribution in [0.3, 0.4) is 0 Å². The van der Waals surface area contributed by atoms with Gasteiger partial charge < -0.3 is 0 Å². The zero-order valence-corrected chi connectivity index (χ0v) is 16.6. The first-order valence-electron chi connectivity index (χ1n) is 9.51. The quantitative estimate of drug-likeness (QED) is 0.764. The van der Waals surface area contributed by atoms with E-state index in [1.54, 1.807) is 0 Å². The van der Waals surface area contributed by atoms with Crippen LogP contribution in [0.5, 0.6) is 0 Å². The number of rotatable bonds is 1. The normalized spacial score (nSPS) is 26.0. The molecule has 0 bridgehead atoms. The SMILES string of the molecule is Cc1cccc(-c2c3c(nn2C)[C@@]2(C)C=C(C#N)C(=O)C(C)(C)[C@@H]2CC3)c1. The van der Waals surface area contributed by atoms with E-state index >= 15 is 0 Å². The van der Waals surface area contributed by atoms with E-state index in [1.807, 2.05) is 31.7 Å². The van der Waals surface area contributed by atoms with E-state index in [2.05, 4.69) is 44.2 Å². The van der Waals surface area contributed by atoms with Gasteiger partial charge in [-0.25, -0.2) is 0 Å². The molecular weight excluding hydrogens is 334 g/mol. The average Bonchev–Trinajstić information content (AvgIpc) is 2.96. The summed E-state index contributed by atoms with van der Waals surface area (Å²) < 4.78 is 1.97. The average molecular weight is 359 g/mol. The number of aromatic nitrogens is 2. The molecule has 4 nitrogen and oxygen atoms in total. The van der Waals surface area contributed by atoms with Gasteiger partial charge in [0, 0.05) is 29.0 Å². The summed E-state index contributed by atoms with van der Waals surface area (Å²) >= 11 is 0. The second-order valence-electron chi connectivity index (χ2n) is 8.76. The fraction of sp³-hybridized carbons (Fsp3) is 0.435. The summed E-state index contributed by atoms with van der Waals surface area (Å²) in [5, 5.41) is 14.5. The van der Waals surface area contributed by atoms with Gasteiger partial charge in [-0.1, -0.05) is 50.6 Å². The highest BCUT2D eigenvalue weighted by atomic mass is 16.1. The number of nitrogens with zero attached hydrogens (tertiary/aromatic N) is 3. The Balaban J connectivity index is 1.96. The Morgan fingerprint density at radius 3 is 2.70 bits per heavy atom. The maximum Gasteiger partial charge on any atom is 0.178 e. The van der Waals surface area contributed by atoms with Crippen LogP contribution in [-0.2, 0) is 23.7 Å². The lowest BCUT2D eigenvalue weighted by molar-refractivity contribution is -0.128. The number of hydrogen-bond donors (Lipinski definition) is 0. The summed E-state index contributed by atoms with van der Waals surface area (Å²) in [4.78, 5) is 12.8. The van der Waals surface area contributed by atoms with Gasteiger partial charge in [0.15, 0.2) is 5.78 Å². The van der Waals surface area contributed by atoms with Crippen LogP contribution in [-0.4, -0.2) is 15.6 Å². The van der Waals surface area contributed by atoms with Gasteiger partial charge in [0.1, 0.15) is 6.07 Å². The predicted molar refractivity (Wildman–Crippen MR) is 105 cm³/mol. The molecule has 0 fully saturated rings. The van der Waals surface area contributed by atoms with Crippen LogP contribution in [0.25, 0.3) is 11.3 Å². The Hall–Kier alpha value is -2.67. The van der Waals surface area contributed by atoms with E-state index < -0.39 is 10.8 Å². The van der Waals surface area contributed by atoms with Crippen molar-refractivity contribution in [3.05, 3.63) is 52.7 Å². The van der Waals surface area contributed by atoms with E-state index in [-0.39, 0.29) is 17.3 Å². The minimum Gasteiger partial charge on any atom is -0.293 e. The Morgan fingerprint density at radius 1 is 1.30 bits per heavy atom. The second-order valence-corrected chi connectivity index (χ2v) is 8.76. The third-order valence-electron chi connectivity index (χ3n) is 6.62. The van der Waals surface area contributed by atoms with Gasteiger partial charge in [-0.3, -0.25) is 9.48 Å². The number of aryl methyl sites for hydroxylation is 2. The number of carbonyl (C=O) groups excluding carboxylic acids is 1. The first-order chi connectivity index (χ1) is 12.7. The van der Waals surface area contributed by atoms with E-state index in [0.29, 0.717) is 0 Å². The lowest BCUT2D eigenvalue weighted by Gasteiger charge is -2.49. The highest BCUT2D eigenvalue weighted by Gasteiger charge is 2.55. The smallest absolute Gasteiger partial charge is 0.178 e. The standard InChI is InChI=1S/C23H25N3O/c1-14-7-6-8-15(11-14)19-17-9-10-18-22(2,3)21(27)16(13-24)12-23(18,4)20(17)25-26(19)5/h6-8,11-12,18H,9-10H2,1-5H3/t18-,23-/m0/s1. The maximum atomic E-state index is 12.8. The molecule has 2 atom stereocenters. The van der Waals surface area contributed by atoms with Gasteiger partial charge in [0.05, 0.1) is 17.0 Å². The summed E-state index contributed by atoms with van der Waals surface area (Å²) in [6.45, 7) is 8.21. The molecule has 2 aliphatic carbocycles. The van der Waals surface area contributed by atoms with Gasteiger partial charge in [-0.05, 0) is 31.7 Å². The second kappa shape index (κ2) is 5.66. The van der Waals surface area contributed by atoms with Crippen molar-refractivity contribution >= 4 is 5.78 Å². The molecule has 0 N–H and O–H groups in total. The molecule has 0 aliphatic heterocycles. The molecule has 0 saturated carbocycles. The first kappa shape index (κ1) is 17.7. The van der Waals surface area contributed by atoms with E-state index in [9.17, 15) is 10.1 Å². The van der Waals surface area contributed by atoms with Crippen LogP contribution >= 0.6 is 0 Å². The number of carbonyl (C=O) groups is 1. The number of ketones is 1. The minimum atomic E-state index is -0.562. The fourth-order valence-electron chi connectivity index (χ4n) is 5.38. The van der Waals surface area contributed by atoms with Gasteiger partial charge in [-0.2, -0.15) is 10.4 Å². The molecule has 0 saturated heterocycles. The molecule has 1 aromatic heterocycles. The highest BCUT2D eigenvalue weighted by molar-refractivity contribution is 6.04.